The summed E-state index contributed by atoms with van der Waals surface area (Å²) in [6, 6.07) is 23.3. The molecule has 0 unspecified atom stereocenters. The average molecular weight is 576 g/mol. The van der Waals surface area contributed by atoms with Gasteiger partial charge in [0, 0.05) is 30.5 Å². The standard InChI is InChI=1S/C34H37N7O2/c1-4-5-10-31-35-30-18-16-25(34(3)20-26-17-11-22(2)41(26)43-34)19-29(30)33(42)40(31)21-23-12-14-24(15-13-23)27-8-6-7-9-28(27)32-36-38-39-37-32/h6-9,12-16,18-19,22,26H,4-5,10-11,17,20-21H2,1-3H3,(H,36,37,38,39)/t22-,26+,34+/m0/s1. The lowest BCUT2D eigenvalue weighted by Crippen LogP contribution is -2.30. The minimum absolute atomic E-state index is 0.0000490. The first-order valence-corrected chi connectivity index (χ1v) is 15.4. The first-order valence-electron chi connectivity index (χ1n) is 15.4. The zero-order chi connectivity index (χ0) is 29.6. The fourth-order valence-electron chi connectivity index (χ4n) is 6.76. The molecule has 7 rings (SSSR count). The van der Waals surface area contributed by atoms with Crippen molar-refractivity contribution in [2.45, 2.75) is 83.5 Å². The molecule has 9 nitrogen and oxygen atoms in total. The van der Waals surface area contributed by atoms with Crippen LogP contribution in [0.5, 0.6) is 0 Å². The van der Waals surface area contributed by atoms with E-state index in [1.165, 1.54) is 6.42 Å². The van der Waals surface area contributed by atoms with Crippen LogP contribution in [0.15, 0.2) is 71.5 Å². The quantitative estimate of drug-likeness (QED) is 0.241. The summed E-state index contributed by atoms with van der Waals surface area (Å²) in [7, 11) is 0. The number of nitrogens with one attached hydrogen (secondary N) is 1. The number of aromatic nitrogens is 6. The average Bonchev–Trinajstić information content (AvgIpc) is 3.77. The summed E-state index contributed by atoms with van der Waals surface area (Å²) in [5.74, 6) is 1.39. The monoisotopic (exact) mass is 575 g/mol. The van der Waals surface area contributed by atoms with Crippen LogP contribution in [0.4, 0.5) is 0 Å². The van der Waals surface area contributed by atoms with E-state index < -0.39 is 5.60 Å². The molecule has 2 aromatic heterocycles. The zero-order valence-corrected chi connectivity index (χ0v) is 25.0. The number of fused-ring (bicyclic) bond motifs is 2. The Bertz CT molecular complexity index is 1820. The molecule has 3 atom stereocenters. The van der Waals surface area contributed by atoms with Gasteiger partial charge in [-0.3, -0.25) is 14.2 Å². The van der Waals surface area contributed by atoms with Gasteiger partial charge in [-0.2, -0.15) is 10.3 Å². The highest BCUT2D eigenvalue weighted by Crippen LogP contribution is 2.45. The van der Waals surface area contributed by atoms with Gasteiger partial charge in [0.05, 0.1) is 17.4 Å². The van der Waals surface area contributed by atoms with Crippen LogP contribution in [0, 0.1) is 0 Å². The van der Waals surface area contributed by atoms with E-state index in [1.807, 2.05) is 34.9 Å². The summed E-state index contributed by atoms with van der Waals surface area (Å²) in [6.07, 6.45) is 6.02. The van der Waals surface area contributed by atoms with E-state index in [-0.39, 0.29) is 5.56 Å². The summed E-state index contributed by atoms with van der Waals surface area (Å²) in [5.41, 5.74) is 5.36. The van der Waals surface area contributed by atoms with E-state index in [1.54, 1.807) is 0 Å². The lowest BCUT2D eigenvalue weighted by molar-refractivity contribution is -0.210. The maximum Gasteiger partial charge on any atom is 0.261 e. The zero-order valence-electron chi connectivity index (χ0n) is 25.0. The molecule has 4 heterocycles. The largest absolute Gasteiger partial charge is 0.292 e. The Balaban J connectivity index is 1.22. The Morgan fingerprint density at radius 1 is 1.05 bits per heavy atom. The van der Waals surface area contributed by atoms with Crippen molar-refractivity contribution in [1.82, 2.24) is 35.2 Å². The van der Waals surface area contributed by atoms with Crippen molar-refractivity contribution < 1.29 is 4.84 Å². The number of aromatic amines is 1. The molecule has 0 spiro atoms. The third-order valence-electron chi connectivity index (χ3n) is 9.16. The molecule has 0 amide bonds. The van der Waals surface area contributed by atoms with Crippen molar-refractivity contribution in [2.75, 3.05) is 0 Å². The lowest BCUT2D eigenvalue weighted by Gasteiger charge is -2.27. The second-order valence-electron chi connectivity index (χ2n) is 12.2. The first kappa shape index (κ1) is 27.6. The van der Waals surface area contributed by atoms with E-state index in [9.17, 15) is 4.79 Å². The van der Waals surface area contributed by atoms with E-state index in [4.69, 9.17) is 9.82 Å². The predicted octanol–water partition coefficient (Wildman–Crippen LogP) is 6.04. The molecule has 0 radical (unpaired) electrons. The number of hydrogen-bond donors (Lipinski definition) is 1. The number of hydroxylamine groups is 2. The van der Waals surface area contributed by atoms with E-state index in [0.29, 0.717) is 29.8 Å². The Hall–Kier alpha value is -4.21. The Morgan fingerprint density at radius 3 is 2.60 bits per heavy atom. The van der Waals surface area contributed by atoms with Gasteiger partial charge in [0.2, 0.25) is 5.82 Å². The van der Waals surface area contributed by atoms with Gasteiger partial charge < -0.3 is 0 Å². The predicted molar refractivity (Wildman–Crippen MR) is 166 cm³/mol. The van der Waals surface area contributed by atoms with Crippen molar-refractivity contribution in [3.05, 3.63) is 94.0 Å². The van der Waals surface area contributed by atoms with Crippen LogP contribution in [0.1, 0.15) is 69.8 Å². The van der Waals surface area contributed by atoms with Crippen molar-refractivity contribution in [1.29, 1.82) is 0 Å². The Kier molecular flexibility index (Phi) is 7.15. The van der Waals surface area contributed by atoms with Gasteiger partial charge in [-0.15, -0.1) is 10.2 Å². The van der Waals surface area contributed by atoms with Crippen LogP contribution in [0.25, 0.3) is 33.4 Å². The van der Waals surface area contributed by atoms with Crippen LogP contribution in [-0.2, 0) is 23.4 Å². The smallest absolute Gasteiger partial charge is 0.261 e. The Labute approximate surface area is 250 Å². The number of benzene rings is 3. The molecular weight excluding hydrogens is 538 g/mol. The number of hydrogen-bond acceptors (Lipinski definition) is 7. The fourth-order valence-corrected chi connectivity index (χ4v) is 6.76. The highest BCUT2D eigenvalue weighted by atomic mass is 16.7. The maximum atomic E-state index is 14.1. The Morgan fingerprint density at radius 2 is 1.86 bits per heavy atom. The number of aryl methyl sites for hydroxylation is 1. The van der Waals surface area contributed by atoms with E-state index in [2.05, 4.69) is 82.9 Å². The van der Waals surface area contributed by atoms with Gasteiger partial charge in [0.25, 0.3) is 5.56 Å². The second-order valence-corrected chi connectivity index (χ2v) is 12.2. The molecule has 2 saturated heterocycles. The van der Waals surface area contributed by atoms with Gasteiger partial charge in [-0.1, -0.05) is 67.9 Å². The van der Waals surface area contributed by atoms with Crippen LogP contribution >= 0.6 is 0 Å². The van der Waals surface area contributed by atoms with Crippen molar-refractivity contribution >= 4 is 10.9 Å². The van der Waals surface area contributed by atoms with Crippen molar-refractivity contribution in [3.8, 4) is 22.5 Å². The molecular formula is C34H37N7O2. The number of tetrazole rings is 1. The summed E-state index contributed by atoms with van der Waals surface area (Å²) >= 11 is 0. The van der Waals surface area contributed by atoms with Crippen molar-refractivity contribution in [3.63, 3.8) is 0 Å². The maximum absolute atomic E-state index is 14.1. The van der Waals surface area contributed by atoms with Crippen LogP contribution in [0.3, 0.4) is 0 Å². The van der Waals surface area contributed by atoms with Gasteiger partial charge in [-0.25, -0.2) is 4.98 Å². The molecule has 0 bridgehead atoms. The molecule has 0 aliphatic carbocycles. The fraction of sp³-hybridized carbons (Fsp3) is 0.382. The summed E-state index contributed by atoms with van der Waals surface area (Å²) < 4.78 is 1.86. The number of rotatable bonds is 8. The molecule has 2 fully saturated rings. The van der Waals surface area contributed by atoms with E-state index in [0.717, 1.165) is 71.3 Å². The highest BCUT2D eigenvalue weighted by molar-refractivity contribution is 5.80. The third kappa shape index (κ3) is 5.06. The summed E-state index contributed by atoms with van der Waals surface area (Å²) in [5, 5.41) is 17.4. The van der Waals surface area contributed by atoms with Gasteiger partial charge in [0.1, 0.15) is 11.4 Å². The first-order chi connectivity index (χ1) is 20.9. The van der Waals surface area contributed by atoms with Crippen molar-refractivity contribution in [2.24, 2.45) is 0 Å². The highest BCUT2D eigenvalue weighted by Gasteiger charge is 2.48. The normalized spacial score (nSPS) is 21.9. The molecule has 2 aliphatic rings. The topological polar surface area (TPSA) is 102 Å². The minimum atomic E-state index is -0.445. The van der Waals surface area contributed by atoms with Gasteiger partial charge in [0.15, 0.2) is 0 Å². The number of H-pyrrole nitrogens is 1. The van der Waals surface area contributed by atoms with E-state index >= 15 is 0 Å². The van der Waals surface area contributed by atoms with Crippen LogP contribution < -0.4 is 5.56 Å². The molecule has 3 aromatic carbocycles. The molecule has 1 N–H and O–H groups in total. The molecule has 2 aliphatic heterocycles. The SMILES string of the molecule is CCCCc1nc2ccc([C@@]3(C)C[C@H]4CC[C@H](C)N4O3)cc2c(=O)n1Cc1ccc(-c2ccccc2-c2nn[nH]n2)cc1. The van der Waals surface area contributed by atoms with Gasteiger partial charge >= 0.3 is 0 Å². The second kappa shape index (κ2) is 11.1. The third-order valence-corrected chi connectivity index (χ3v) is 9.16. The lowest BCUT2D eigenvalue weighted by atomic mass is 9.89. The summed E-state index contributed by atoms with van der Waals surface area (Å²) in [4.78, 5) is 25.7. The van der Waals surface area contributed by atoms with Gasteiger partial charge in [-0.05, 0) is 72.7 Å². The molecule has 5 aromatic rings. The molecule has 43 heavy (non-hydrogen) atoms. The molecule has 0 saturated carbocycles. The summed E-state index contributed by atoms with van der Waals surface area (Å²) in [6.45, 7) is 7.00. The molecule has 220 valence electrons. The van der Waals surface area contributed by atoms with Crippen LogP contribution in [-0.4, -0.2) is 47.3 Å². The number of unbranched alkanes of at least 4 members (excludes halogenated alkanes) is 1. The minimum Gasteiger partial charge on any atom is -0.292 e. The molecule has 9 heteroatoms. The number of nitrogens with zero attached hydrogens (tertiary/aromatic N) is 6. The van der Waals surface area contributed by atoms with Crippen LogP contribution in [0.2, 0.25) is 0 Å².